The summed E-state index contributed by atoms with van der Waals surface area (Å²) in [6.45, 7) is -0.0944. The number of sulfonamides is 1. The first-order valence-corrected chi connectivity index (χ1v) is 6.60. The van der Waals surface area contributed by atoms with Gasteiger partial charge in [-0.2, -0.15) is 0 Å². The predicted molar refractivity (Wildman–Crippen MR) is 63.5 cm³/mol. The number of rotatable bonds is 5. The van der Waals surface area contributed by atoms with Crippen molar-refractivity contribution in [2.75, 3.05) is 13.6 Å². The van der Waals surface area contributed by atoms with Crippen LogP contribution in [0.5, 0.6) is 0 Å². The van der Waals surface area contributed by atoms with Gasteiger partial charge in [0.1, 0.15) is 4.90 Å². The summed E-state index contributed by atoms with van der Waals surface area (Å²) in [7, 11) is -2.41. The van der Waals surface area contributed by atoms with Gasteiger partial charge in [-0.05, 0) is 12.1 Å². The second-order valence-corrected chi connectivity index (χ2v) is 5.82. The third kappa shape index (κ3) is 3.42. The fourth-order valence-corrected chi connectivity index (χ4v) is 2.86. The fraction of sp³-hybridized carbons (Fsp3) is 0.300. The topological polar surface area (TPSA) is 74.7 Å². The summed E-state index contributed by atoms with van der Waals surface area (Å²) in [5.41, 5.74) is 0. The summed E-state index contributed by atoms with van der Waals surface area (Å²) in [5.74, 6) is -1.05. The van der Waals surface area contributed by atoms with Crippen LogP contribution in [-0.2, 0) is 14.8 Å². The number of hydrogen-bond acceptors (Lipinski definition) is 3. The summed E-state index contributed by atoms with van der Waals surface area (Å²) in [4.78, 5) is 10.4. The number of hydrogen-bond donors (Lipinski definition) is 1. The van der Waals surface area contributed by atoms with E-state index >= 15 is 0 Å². The number of halogens is 1. The largest absolute Gasteiger partial charge is 0.481 e. The molecule has 1 rings (SSSR count). The number of carboxylic acid groups (broad SMARTS) is 1. The monoisotopic (exact) mass is 277 g/mol. The second-order valence-electron chi connectivity index (χ2n) is 3.40. The van der Waals surface area contributed by atoms with Gasteiger partial charge in [0.15, 0.2) is 0 Å². The zero-order valence-corrected chi connectivity index (χ0v) is 10.7. The minimum atomic E-state index is -3.73. The highest BCUT2D eigenvalue weighted by Gasteiger charge is 2.23. The Bertz CT molecular complexity index is 515. The number of aliphatic carboxylic acids is 1. The van der Waals surface area contributed by atoms with Crippen molar-refractivity contribution in [2.24, 2.45) is 0 Å². The Hall–Kier alpha value is -1.11. The van der Waals surface area contributed by atoms with E-state index < -0.39 is 16.0 Å². The average molecular weight is 278 g/mol. The van der Waals surface area contributed by atoms with Crippen molar-refractivity contribution in [1.82, 2.24) is 4.31 Å². The summed E-state index contributed by atoms with van der Waals surface area (Å²) in [6.07, 6.45) is -0.250. The van der Waals surface area contributed by atoms with E-state index in [2.05, 4.69) is 0 Å². The molecule has 0 amide bonds. The molecule has 0 bridgehead atoms. The van der Waals surface area contributed by atoms with Gasteiger partial charge in [0.2, 0.25) is 10.0 Å². The van der Waals surface area contributed by atoms with E-state index in [9.17, 15) is 13.2 Å². The van der Waals surface area contributed by atoms with Crippen LogP contribution in [0.1, 0.15) is 6.42 Å². The van der Waals surface area contributed by atoms with E-state index in [0.717, 1.165) is 4.31 Å². The van der Waals surface area contributed by atoms with Crippen LogP contribution in [0.4, 0.5) is 0 Å². The van der Waals surface area contributed by atoms with E-state index in [1.165, 1.54) is 19.2 Å². The Morgan fingerprint density at radius 2 is 2.00 bits per heavy atom. The minimum Gasteiger partial charge on any atom is -0.481 e. The third-order valence-electron chi connectivity index (χ3n) is 2.17. The lowest BCUT2D eigenvalue weighted by molar-refractivity contribution is -0.137. The second kappa shape index (κ2) is 5.48. The van der Waals surface area contributed by atoms with Gasteiger partial charge in [-0.25, -0.2) is 12.7 Å². The molecule has 1 aromatic rings. The molecule has 0 heterocycles. The summed E-state index contributed by atoms with van der Waals surface area (Å²) in [6, 6.07) is 6.04. The highest BCUT2D eigenvalue weighted by molar-refractivity contribution is 7.89. The maximum Gasteiger partial charge on any atom is 0.304 e. The van der Waals surface area contributed by atoms with Gasteiger partial charge in [-0.15, -0.1) is 0 Å². The zero-order valence-electron chi connectivity index (χ0n) is 9.13. The van der Waals surface area contributed by atoms with Gasteiger partial charge in [-0.3, -0.25) is 4.79 Å². The molecule has 0 spiro atoms. The van der Waals surface area contributed by atoms with Gasteiger partial charge in [0.25, 0.3) is 0 Å². The lowest BCUT2D eigenvalue weighted by Gasteiger charge is -2.16. The van der Waals surface area contributed by atoms with Crippen LogP contribution in [-0.4, -0.2) is 37.4 Å². The molecule has 5 nitrogen and oxygen atoms in total. The van der Waals surface area contributed by atoms with E-state index in [-0.39, 0.29) is 22.9 Å². The van der Waals surface area contributed by atoms with Crippen LogP contribution in [0.3, 0.4) is 0 Å². The smallest absolute Gasteiger partial charge is 0.304 e. The average Bonchev–Trinajstić information content (AvgIpc) is 2.26. The molecule has 1 N–H and O–H groups in total. The maximum absolute atomic E-state index is 12.0. The lowest BCUT2D eigenvalue weighted by atomic mass is 10.4. The van der Waals surface area contributed by atoms with E-state index in [4.69, 9.17) is 16.7 Å². The van der Waals surface area contributed by atoms with Crippen molar-refractivity contribution in [3.05, 3.63) is 29.3 Å². The van der Waals surface area contributed by atoms with Crippen LogP contribution in [0.2, 0.25) is 5.02 Å². The third-order valence-corrected chi connectivity index (χ3v) is 4.52. The molecule has 7 heteroatoms. The van der Waals surface area contributed by atoms with E-state index in [1.807, 2.05) is 0 Å². The van der Waals surface area contributed by atoms with Gasteiger partial charge in [-0.1, -0.05) is 23.7 Å². The van der Waals surface area contributed by atoms with Crippen molar-refractivity contribution in [1.29, 1.82) is 0 Å². The van der Waals surface area contributed by atoms with Gasteiger partial charge >= 0.3 is 5.97 Å². The fourth-order valence-electron chi connectivity index (χ4n) is 1.20. The Balaban J connectivity index is 2.96. The molecule has 0 aliphatic carbocycles. The highest BCUT2D eigenvalue weighted by Crippen LogP contribution is 2.23. The maximum atomic E-state index is 12.0. The van der Waals surface area contributed by atoms with Crippen molar-refractivity contribution >= 4 is 27.6 Å². The van der Waals surface area contributed by atoms with Gasteiger partial charge < -0.3 is 5.11 Å². The molecular weight excluding hydrogens is 266 g/mol. The molecule has 94 valence electrons. The molecule has 1 aromatic carbocycles. The first kappa shape index (κ1) is 14.0. The standard InChI is InChI=1S/C10H12ClNO4S/c1-12(7-6-10(13)14)17(15,16)9-5-3-2-4-8(9)11/h2-5H,6-7H2,1H3,(H,13,14). The van der Waals surface area contributed by atoms with Crippen LogP contribution < -0.4 is 0 Å². The van der Waals surface area contributed by atoms with Gasteiger partial charge in [0, 0.05) is 13.6 Å². The van der Waals surface area contributed by atoms with E-state index in [1.54, 1.807) is 12.1 Å². The van der Waals surface area contributed by atoms with Crippen molar-refractivity contribution in [3.63, 3.8) is 0 Å². The molecule has 0 aliphatic heterocycles. The first-order valence-electron chi connectivity index (χ1n) is 4.78. The first-order chi connectivity index (χ1) is 7.85. The number of benzene rings is 1. The van der Waals surface area contributed by atoms with Crippen LogP contribution in [0, 0.1) is 0 Å². The summed E-state index contributed by atoms with van der Waals surface area (Å²) >= 11 is 5.79. The molecule has 0 aromatic heterocycles. The Labute approximate surface area is 105 Å². The zero-order chi connectivity index (χ0) is 13.1. The minimum absolute atomic E-state index is 0.0189. The molecule has 0 atom stereocenters. The van der Waals surface area contributed by atoms with Crippen LogP contribution in [0.15, 0.2) is 29.2 Å². The SMILES string of the molecule is CN(CCC(=O)O)S(=O)(=O)c1ccccc1Cl. The Kier molecular flexibility index (Phi) is 4.50. The summed E-state index contributed by atoms with van der Waals surface area (Å²) < 4.78 is 25.0. The van der Waals surface area contributed by atoms with Crippen molar-refractivity contribution in [3.8, 4) is 0 Å². The van der Waals surface area contributed by atoms with Crippen molar-refractivity contribution in [2.45, 2.75) is 11.3 Å². The van der Waals surface area contributed by atoms with Crippen molar-refractivity contribution < 1.29 is 18.3 Å². The molecule has 0 saturated heterocycles. The molecule has 17 heavy (non-hydrogen) atoms. The number of nitrogens with zero attached hydrogens (tertiary/aromatic N) is 1. The van der Waals surface area contributed by atoms with Gasteiger partial charge in [0.05, 0.1) is 11.4 Å². The molecule has 0 saturated carbocycles. The quantitative estimate of drug-likeness (QED) is 0.884. The molecular formula is C10H12ClNO4S. The number of carboxylic acids is 1. The normalized spacial score (nSPS) is 11.7. The molecule has 0 fully saturated rings. The van der Waals surface area contributed by atoms with E-state index in [0.29, 0.717) is 0 Å². The Morgan fingerprint density at radius 1 is 1.41 bits per heavy atom. The highest BCUT2D eigenvalue weighted by atomic mass is 35.5. The lowest BCUT2D eigenvalue weighted by Crippen LogP contribution is -2.29. The van der Waals surface area contributed by atoms with Crippen LogP contribution >= 0.6 is 11.6 Å². The Morgan fingerprint density at radius 3 is 2.53 bits per heavy atom. The molecule has 0 radical (unpaired) electrons. The number of carbonyl (C=O) groups is 1. The van der Waals surface area contributed by atoms with Crippen LogP contribution in [0.25, 0.3) is 0 Å². The molecule has 0 aliphatic rings. The molecule has 0 unspecified atom stereocenters. The summed E-state index contributed by atoms with van der Waals surface area (Å²) in [5, 5.41) is 8.63. The predicted octanol–water partition coefficient (Wildman–Crippen LogP) is 1.44.